The first kappa shape index (κ1) is 9.96. The van der Waals surface area contributed by atoms with Crippen molar-refractivity contribution in [1.82, 2.24) is 0 Å². The number of hydrogen-bond donors (Lipinski definition) is 1. The predicted molar refractivity (Wildman–Crippen MR) is 48.4 cm³/mol. The normalized spacial score (nSPS) is 19.1. The van der Waals surface area contributed by atoms with Crippen LogP contribution in [0, 0.1) is 5.92 Å². The van der Waals surface area contributed by atoms with Crippen LogP contribution in [0.2, 0.25) is 0 Å². The summed E-state index contributed by atoms with van der Waals surface area (Å²) in [7, 11) is 0. The maximum Gasteiger partial charge on any atom is 0.376 e. The molecule has 1 fully saturated rings. The molecular formula is C10H14O3. The molecule has 72 valence electrons. The van der Waals surface area contributed by atoms with Crippen LogP contribution in [0.15, 0.2) is 12.2 Å². The molecule has 0 aliphatic heterocycles. The van der Waals surface area contributed by atoms with E-state index in [-0.39, 0.29) is 0 Å². The van der Waals surface area contributed by atoms with Gasteiger partial charge in [-0.25, -0.2) is 4.79 Å². The molecule has 0 aromatic carbocycles. The van der Waals surface area contributed by atoms with E-state index in [4.69, 9.17) is 5.11 Å². The molecule has 0 spiro atoms. The van der Waals surface area contributed by atoms with Crippen molar-refractivity contribution in [3.05, 3.63) is 12.2 Å². The fraction of sp³-hybridized carbons (Fsp3) is 0.600. The van der Waals surface area contributed by atoms with Gasteiger partial charge in [0.15, 0.2) is 0 Å². The van der Waals surface area contributed by atoms with Crippen LogP contribution < -0.4 is 0 Å². The van der Waals surface area contributed by atoms with Crippen LogP contribution >= 0.6 is 0 Å². The Hall–Kier alpha value is -1.12. The van der Waals surface area contributed by atoms with Crippen LogP contribution in [-0.4, -0.2) is 16.9 Å². The van der Waals surface area contributed by atoms with E-state index < -0.39 is 11.8 Å². The highest BCUT2D eigenvalue weighted by molar-refractivity contribution is 6.37. The lowest BCUT2D eigenvalue weighted by Crippen LogP contribution is -2.10. The summed E-state index contributed by atoms with van der Waals surface area (Å²) >= 11 is 0. The van der Waals surface area contributed by atoms with Crippen LogP contribution in [0.5, 0.6) is 0 Å². The lowest BCUT2D eigenvalue weighted by Gasteiger charge is -2.17. The number of ketones is 1. The zero-order chi connectivity index (χ0) is 9.68. The molecule has 0 radical (unpaired) electrons. The third-order valence-corrected chi connectivity index (χ3v) is 2.38. The smallest absolute Gasteiger partial charge is 0.376 e. The minimum absolute atomic E-state index is 0.414. The van der Waals surface area contributed by atoms with E-state index in [1.165, 1.54) is 25.3 Å². The van der Waals surface area contributed by atoms with E-state index in [0.29, 0.717) is 5.92 Å². The van der Waals surface area contributed by atoms with Gasteiger partial charge in [-0.3, -0.25) is 4.79 Å². The molecule has 0 heterocycles. The van der Waals surface area contributed by atoms with E-state index in [1.54, 1.807) is 6.08 Å². The number of carboxylic acid groups (broad SMARTS) is 1. The Morgan fingerprint density at radius 2 is 1.77 bits per heavy atom. The minimum Gasteiger partial charge on any atom is -0.475 e. The average molecular weight is 182 g/mol. The molecule has 0 amide bonds. The maximum absolute atomic E-state index is 10.7. The molecule has 3 nitrogen and oxygen atoms in total. The van der Waals surface area contributed by atoms with Crippen molar-refractivity contribution in [3.63, 3.8) is 0 Å². The third-order valence-electron chi connectivity index (χ3n) is 2.38. The average Bonchev–Trinajstić information content (AvgIpc) is 2.15. The second-order valence-electron chi connectivity index (χ2n) is 3.43. The molecule has 0 atom stereocenters. The van der Waals surface area contributed by atoms with Crippen LogP contribution in [0.1, 0.15) is 32.1 Å². The van der Waals surface area contributed by atoms with Crippen LogP contribution in [0.4, 0.5) is 0 Å². The molecule has 13 heavy (non-hydrogen) atoms. The summed E-state index contributed by atoms with van der Waals surface area (Å²) in [5.74, 6) is -1.77. The Kier molecular flexibility index (Phi) is 3.68. The molecule has 3 heteroatoms. The van der Waals surface area contributed by atoms with Gasteiger partial charge in [0.2, 0.25) is 0 Å². The lowest BCUT2D eigenvalue weighted by molar-refractivity contribution is -0.146. The Morgan fingerprint density at radius 3 is 2.31 bits per heavy atom. The fourth-order valence-corrected chi connectivity index (χ4v) is 1.62. The van der Waals surface area contributed by atoms with Gasteiger partial charge in [-0.15, -0.1) is 0 Å². The summed E-state index contributed by atoms with van der Waals surface area (Å²) in [6, 6.07) is 0. The van der Waals surface area contributed by atoms with E-state index in [9.17, 15) is 9.59 Å². The van der Waals surface area contributed by atoms with Gasteiger partial charge in [-0.05, 0) is 24.8 Å². The largest absolute Gasteiger partial charge is 0.475 e. The highest BCUT2D eigenvalue weighted by atomic mass is 16.4. The van der Waals surface area contributed by atoms with Gasteiger partial charge in [0, 0.05) is 0 Å². The topological polar surface area (TPSA) is 54.4 Å². The quantitative estimate of drug-likeness (QED) is 0.534. The molecule has 1 aliphatic rings. The summed E-state index contributed by atoms with van der Waals surface area (Å²) < 4.78 is 0. The van der Waals surface area contributed by atoms with Crippen molar-refractivity contribution in [3.8, 4) is 0 Å². The number of hydrogen-bond acceptors (Lipinski definition) is 2. The van der Waals surface area contributed by atoms with E-state index in [2.05, 4.69) is 0 Å². The van der Waals surface area contributed by atoms with E-state index in [1.807, 2.05) is 0 Å². The van der Waals surface area contributed by atoms with E-state index >= 15 is 0 Å². The molecule has 0 unspecified atom stereocenters. The summed E-state index contributed by atoms with van der Waals surface area (Å²) in [5, 5.41) is 8.31. The third kappa shape index (κ3) is 3.40. The second kappa shape index (κ2) is 4.80. The van der Waals surface area contributed by atoms with Crippen LogP contribution in [-0.2, 0) is 9.59 Å². The van der Waals surface area contributed by atoms with Gasteiger partial charge in [-0.1, -0.05) is 25.3 Å². The minimum atomic E-state index is -1.37. The van der Waals surface area contributed by atoms with Crippen molar-refractivity contribution in [2.75, 3.05) is 0 Å². The summed E-state index contributed by atoms with van der Waals surface area (Å²) in [5.41, 5.74) is 0. The standard InChI is InChI=1S/C10H14O3/c11-9(10(12)13)7-6-8-4-2-1-3-5-8/h6-8H,1-5H2,(H,12,13)/b7-6+. The molecule has 0 aromatic heterocycles. The van der Waals surface area contributed by atoms with Crippen molar-refractivity contribution < 1.29 is 14.7 Å². The number of carbonyl (C=O) groups excluding carboxylic acids is 1. The molecule has 0 aromatic rings. The number of carboxylic acids is 1. The predicted octanol–water partition coefficient (Wildman–Crippen LogP) is 1.78. The van der Waals surface area contributed by atoms with Gasteiger partial charge in [0.1, 0.15) is 0 Å². The lowest BCUT2D eigenvalue weighted by atomic mass is 9.89. The fourth-order valence-electron chi connectivity index (χ4n) is 1.62. The summed E-state index contributed by atoms with van der Waals surface area (Å²) in [4.78, 5) is 20.9. The molecule has 1 N–H and O–H groups in total. The van der Waals surface area contributed by atoms with Crippen LogP contribution in [0.3, 0.4) is 0 Å². The highest BCUT2D eigenvalue weighted by Crippen LogP contribution is 2.24. The van der Waals surface area contributed by atoms with Gasteiger partial charge < -0.3 is 5.11 Å². The first-order chi connectivity index (χ1) is 6.20. The Morgan fingerprint density at radius 1 is 1.15 bits per heavy atom. The Bertz CT molecular complexity index is 224. The van der Waals surface area contributed by atoms with E-state index in [0.717, 1.165) is 12.8 Å². The zero-order valence-corrected chi connectivity index (χ0v) is 7.53. The number of allylic oxidation sites excluding steroid dienone is 1. The van der Waals surface area contributed by atoms with Crippen molar-refractivity contribution in [1.29, 1.82) is 0 Å². The summed E-state index contributed by atoms with van der Waals surface area (Å²) in [6.45, 7) is 0. The maximum atomic E-state index is 10.7. The van der Waals surface area contributed by atoms with Gasteiger partial charge in [0.05, 0.1) is 0 Å². The number of aliphatic carboxylic acids is 1. The first-order valence-electron chi connectivity index (χ1n) is 4.65. The molecule has 0 saturated heterocycles. The Balaban J connectivity index is 2.37. The molecule has 1 aliphatic carbocycles. The van der Waals surface area contributed by atoms with Gasteiger partial charge in [0.25, 0.3) is 5.78 Å². The van der Waals surface area contributed by atoms with Crippen LogP contribution in [0.25, 0.3) is 0 Å². The number of rotatable bonds is 3. The van der Waals surface area contributed by atoms with Gasteiger partial charge in [-0.2, -0.15) is 0 Å². The van der Waals surface area contributed by atoms with Gasteiger partial charge >= 0.3 is 5.97 Å². The first-order valence-corrected chi connectivity index (χ1v) is 4.65. The highest BCUT2D eigenvalue weighted by Gasteiger charge is 2.12. The Labute approximate surface area is 77.4 Å². The monoisotopic (exact) mass is 182 g/mol. The zero-order valence-electron chi connectivity index (χ0n) is 7.53. The van der Waals surface area contributed by atoms with Crippen molar-refractivity contribution in [2.24, 2.45) is 5.92 Å². The molecule has 1 rings (SSSR count). The SMILES string of the molecule is O=C(O)C(=O)/C=C/C1CCCCC1. The molecule has 0 bridgehead atoms. The van der Waals surface area contributed by atoms with Crippen molar-refractivity contribution >= 4 is 11.8 Å². The second-order valence-corrected chi connectivity index (χ2v) is 3.43. The molecule has 1 saturated carbocycles. The summed E-state index contributed by atoms with van der Waals surface area (Å²) in [6.07, 6.45) is 8.75. The molecular weight excluding hydrogens is 168 g/mol. The number of carbonyl (C=O) groups is 2. The van der Waals surface area contributed by atoms with Crippen molar-refractivity contribution in [2.45, 2.75) is 32.1 Å².